The van der Waals surface area contributed by atoms with Crippen LogP contribution in [0, 0.1) is 0 Å². The lowest BCUT2D eigenvalue weighted by Gasteiger charge is -2.11. The zero-order valence-electron chi connectivity index (χ0n) is 11.8. The third kappa shape index (κ3) is 4.69. The fourth-order valence-electron chi connectivity index (χ4n) is 1.61. The molecule has 1 aromatic heterocycles. The van der Waals surface area contributed by atoms with Gasteiger partial charge in [-0.1, -0.05) is 23.7 Å². The highest BCUT2D eigenvalue weighted by Crippen LogP contribution is 2.23. The highest BCUT2D eigenvalue weighted by Gasteiger charge is 2.08. The Balaban J connectivity index is 2.22. The molecule has 5 N–H and O–H groups in total. The first-order valence-corrected chi connectivity index (χ1v) is 7.08. The summed E-state index contributed by atoms with van der Waals surface area (Å²) < 4.78 is 0. The van der Waals surface area contributed by atoms with E-state index in [1.165, 1.54) is 0 Å². The topological polar surface area (TPSA) is 115 Å². The van der Waals surface area contributed by atoms with Crippen molar-refractivity contribution in [3.05, 3.63) is 29.3 Å². The van der Waals surface area contributed by atoms with Crippen LogP contribution in [0.1, 0.15) is 0 Å². The molecule has 0 amide bonds. The minimum atomic E-state index is -0.0433. The zero-order chi connectivity index (χ0) is 15.8. The standard InChI is InChI=1S/C13H17ClN6O2/c14-9-3-1-2-4-10(9)17-13-19-11(15-5-7-21)18-12(20-13)16-6-8-22/h1-4,21-22H,5-8H2,(H3,15,16,17,18,19,20). The number of rotatable bonds is 8. The maximum Gasteiger partial charge on any atom is 0.233 e. The average Bonchev–Trinajstić information content (AvgIpc) is 2.53. The Morgan fingerprint density at radius 3 is 1.95 bits per heavy atom. The van der Waals surface area contributed by atoms with Crippen LogP contribution in [0.3, 0.4) is 0 Å². The van der Waals surface area contributed by atoms with E-state index in [4.69, 9.17) is 21.8 Å². The Bertz CT molecular complexity index is 587. The van der Waals surface area contributed by atoms with E-state index in [9.17, 15) is 0 Å². The van der Waals surface area contributed by atoms with Gasteiger partial charge in [-0.15, -0.1) is 0 Å². The minimum Gasteiger partial charge on any atom is -0.395 e. The Labute approximate surface area is 132 Å². The number of halogens is 1. The van der Waals surface area contributed by atoms with Crippen molar-refractivity contribution >= 4 is 35.1 Å². The quantitative estimate of drug-likeness (QED) is 0.490. The van der Waals surface area contributed by atoms with Gasteiger partial charge in [-0.2, -0.15) is 15.0 Å². The van der Waals surface area contributed by atoms with Crippen molar-refractivity contribution in [1.29, 1.82) is 0 Å². The second-order valence-electron chi connectivity index (χ2n) is 4.21. The molecule has 0 aliphatic carbocycles. The molecular weight excluding hydrogens is 308 g/mol. The van der Waals surface area contributed by atoms with Crippen LogP contribution in [0.4, 0.5) is 23.5 Å². The van der Waals surface area contributed by atoms with Gasteiger partial charge < -0.3 is 26.2 Å². The Kier molecular flexibility index (Phi) is 6.13. The number of nitrogens with one attached hydrogen (secondary N) is 3. The molecule has 0 atom stereocenters. The highest BCUT2D eigenvalue weighted by atomic mass is 35.5. The van der Waals surface area contributed by atoms with Gasteiger partial charge in [0.15, 0.2) is 0 Å². The summed E-state index contributed by atoms with van der Waals surface area (Å²) in [7, 11) is 0. The number of nitrogens with zero attached hydrogens (tertiary/aromatic N) is 3. The molecule has 0 aliphatic heterocycles. The summed E-state index contributed by atoms with van der Waals surface area (Å²) in [5.74, 6) is 0.905. The summed E-state index contributed by atoms with van der Waals surface area (Å²) in [5.41, 5.74) is 0.664. The van der Waals surface area contributed by atoms with Crippen LogP contribution in [-0.4, -0.2) is 51.5 Å². The molecular formula is C13H17ClN6O2. The lowest BCUT2D eigenvalue weighted by atomic mass is 10.3. The van der Waals surface area contributed by atoms with Crippen molar-refractivity contribution in [2.45, 2.75) is 0 Å². The molecule has 0 fully saturated rings. The lowest BCUT2D eigenvalue weighted by Crippen LogP contribution is -2.14. The molecule has 118 valence electrons. The van der Waals surface area contributed by atoms with Crippen LogP contribution >= 0.6 is 11.6 Å². The van der Waals surface area contributed by atoms with Gasteiger partial charge in [-0.05, 0) is 12.1 Å². The molecule has 0 unspecified atom stereocenters. The second kappa shape index (κ2) is 8.32. The van der Waals surface area contributed by atoms with Gasteiger partial charge in [-0.25, -0.2) is 0 Å². The monoisotopic (exact) mass is 324 g/mol. The van der Waals surface area contributed by atoms with Crippen LogP contribution < -0.4 is 16.0 Å². The second-order valence-corrected chi connectivity index (χ2v) is 4.62. The van der Waals surface area contributed by atoms with Gasteiger partial charge in [0.2, 0.25) is 17.8 Å². The van der Waals surface area contributed by atoms with Crippen LogP contribution in [0.15, 0.2) is 24.3 Å². The summed E-state index contributed by atoms with van der Waals surface area (Å²) in [6.45, 7) is 0.542. The van der Waals surface area contributed by atoms with Crippen molar-refractivity contribution in [2.24, 2.45) is 0 Å². The molecule has 0 spiro atoms. The maximum absolute atomic E-state index is 8.86. The van der Waals surface area contributed by atoms with E-state index in [0.29, 0.717) is 41.6 Å². The van der Waals surface area contributed by atoms with Crippen molar-refractivity contribution < 1.29 is 10.2 Å². The Morgan fingerprint density at radius 2 is 1.41 bits per heavy atom. The highest BCUT2D eigenvalue weighted by molar-refractivity contribution is 6.33. The van der Waals surface area contributed by atoms with Crippen LogP contribution in [0.2, 0.25) is 5.02 Å². The molecule has 22 heavy (non-hydrogen) atoms. The van der Waals surface area contributed by atoms with Gasteiger partial charge >= 0.3 is 0 Å². The molecule has 8 nitrogen and oxygen atoms in total. The van der Waals surface area contributed by atoms with E-state index in [2.05, 4.69) is 30.9 Å². The predicted octanol–water partition coefficient (Wildman–Crippen LogP) is 1.08. The third-order valence-electron chi connectivity index (χ3n) is 2.55. The van der Waals surface area contributed by atoms with Gasteiger partial charge in [0.1, 0.15) is 0 Å². The molecule has 0 saturated heterocycles. The third-order valence-corrected chi connectivity index (χ3v) is 2.88. The van der Waals surface area contributed by atoms with Gasteiger partial charge in [0.05, 0.1) is 23.9 Å². The number of anilines is 4. The molecule has 0 saturated carbocycles. The molecule has 0 radical (unpaired) electrons. The lowest BCUT2D eigenvalue weighted by molar-refractivity contribution is 0.310. The summed E-state index contributed by atoms with van der Waals surface area (Å²) >= 11 is 6.09. The molecule has 2 aromatic rings. The van der Waals surface area contributed by atoms with Gasteiger partial charge in [-0.3, -0.25) is 0 Å². The van der Waals surface area contributed by atoms with E-state index < -0.39 is 0 Å². The number of aliphatic hydroxyl groups excluding tert-OH is 2. The zero-order valence-corrected chi connectivity index (χ0v) is 12.5. The summed E-state index contributed by atoms with van der Waals surface area (Å²) in [6, 6.07) is 7.21. The number of para-hydroxylation sites is 1. The molecule has 9 heteroatoms. The number of aliphatic hydroxyl groups is 2. The maximum atomic E-state index is 8.86. The summed E-state index contributed by atoms with van der Waals surface area (Å²) in [4.78, 5) is 12.5. The first kappa shape index (κ1) is 16.2. The smallest absolute Gasteiger partial charge is 0.233 e. The summed E-state index contributed by atoms with van der Waals surface area (Å²) in [5, 5.41) is 27.0. The molecule has 1 heterocycles. The number of benzene rings is 1. The van der Waals surface area contributed by atoms with Gasteiger partial charge in [0, 0.05) is 13.1 Å². The summed E-state index contributed by atoms with van der Waals surface area (Å²) in [6.07, 6.45) is 0. The molecule has 2 rings (SSSR count). The molecule has 0 bridgehead atoms. The van der Waals surface area contributed by atoms with Crippen LogP contribution in [-0.2, 0) is 0 Å². The predicted molar refractivity (Wildman–Crippen MR) is 85.7 cm³/mol. The van der Waals surface area contributed by atoms with E-state index in [-0.39, 0.29) is 13.2 Å². The van der Waals surface area contributed by atoms with Gasteiger partial charge in [0.25, 0.3) is 0 Å². The Morgan fingerprint density at radius 1 is 0.864 bits per heavy atom. The number of aromatic nitrogens is 3. The van der Waals surface area contributed by atoms with Crippen molar-refractivity contribution in [3.8, 4) is 0 Å². The SMILES string of the molecule is OCCNc1nc(NCCO)nc(Nc2ccccc2Cl)n1. The van der Waals surface area contributed by atoms with Crippen LogP contribution in [0.25, 0.3) is 0 Å². The van der Waals surface area contributed by atoms with Crippen molar-refractivity contribution in [1.82, 2.24) is 15.0 Å². The normalized spacial score (nSPS) is 10.3. The minimum absolute atomic E-state index is 0.0433. The van der Waals surface area contributed by atoms with E-state index in [0.717, 1.165) is 0 Å². The largest absolute Gasteiger partial charge is 0.395 e. The van der Waals surface area contributed by atoms with E-state index in [1.807, 2.05) is 12.1 Å². The average molecular weight is 325 g/mol. The van der Waals surface area contributed by atoms with E-state index in [1.54, 1.807) is 12.1 Å². The van der Waals surface area contributed by atoms with Crippen molar-refractivity contribution in [3.63, 3.8) is 0 Å². The van der Waals surface area contributed by atoms with Crippen molar-refractivity contribution in [2.75, 3.05) is 42.3 Å². The first-order valence-electron chi connectivity index (χ1n) is 6.70. The number of hydrogen-bond donors (Lipinski definition) is 5. The van der Waals surface area contributed by atoms with Crippen LogP contribution in [0.5, 0.6) is 0 Å². The first-order chi connectivity index (χ1) is 10.7. The fourth-order valence-corrected chi connectivity index (χ4v) is 1.79. The number of hydrogen-bond acceptors (Lipinski definition) is 8. The Hall–Kier alpha value is -2.16. The van der Waals surface area contributed by atoms with E-state index >= 15 is 0 Å². The molecule has 1 aromatic carbocycles. The molecule has 0 aliphatic rings. The fraction of sp³-hybridized carbons (Fsp3) is 0.308.